The summed E-state index contributed by atoms with van der Waals surface area (Å²) < 4.78 is 15.8. The highest BCUT2D eigenvalue weighted by molar-refractivity contribution is 7.96. The van der Waals surface area contributed by atoms with E-state index in [1.54, 1.807) is 6.07 Å². The highest BCUT2D eigenvalue weighted by Gasteiger charge is 2.10. The van der Waals surface area contributed by atoms with Crippen LogP contribution in [0.4, 0.5) is 4.39 Å². The van der Waals surface area contributed by atoms with Crippen molar-refractivity contribution in [2.75, 3.05) is 12.9 Å². The highest BCUT2D eigenvalue weighted by Crippen LogP contribution is 2.21. The van der Waals surface area contributed by atoms with Crippen LogP contribution in [-0.4, -0.2) is 18.0 Å². The summed E-state index contributed by atoms with van der Waals surface area (Å²) in [6.45, 7) is -0.0528. The van der Waals surface area contributed by atoms with Gasteiger partial charge in [0.2, 0.25) is 0 Å². The minimum atomic E-state index is -0.448. The standard InChI is InChI=1S/C9H11ClFNOS/c1-14-12-9(5-13)6-2-3-8(11)7(10)4-6/h2-4,9,12-13H,5H2,1H3. The van der Waals surface area contributed by atoms with Gasteiger partial charge >= 0.3 is 0 Å². The Morgan fingerprint density at radius 3 is 2.86 bits per heavy atom. The molecule has 0 aromatic heterocycles. The minimum absolute atomic E-state index is 0.0528. The number of hydrogen-bond donors (Lipinski definition) is 2. The number of halogens is 2. The molecule has 0 fully saturated rings. The van der Waals surface area contributed by atoms with Crippen molar-refractivity contribution in [3.63, 3.8) is 0 Å². The molecule has 14 heavy (non-hydrogen) atoms. The van der Waals surface area contributed by atoms with Crippen molar-refractivity contribution in [2.45, 2.75) is 6.04 Å². The molecular formula is C9H11ClFNOS. The number of nitrogens with one attached hydrogen (secondary N) is 1. The second-order valence-corrected chi connectivity index (χ2v) is 3.78. The van der Waals surface area contributed by atoms with Gasteiger partial charge in [0.25, 0.3) is 0 Å². The Bertz CT molecular complexity index is 311. The van der Waals surface area contributed by atoms with E-state index in [-0.39, 0.29) is 17.7 Å². The summed E-state index contributed by atoms with van der Waals surface area (Å²) in [4.78, 5) is 0. The summed E-state index contributed by atoms with van der Waals surface area (Å²) in [5.74, 6) is -0.448. The second-order valence-electron chi connectivity index (χ2n) is 2.73. The van der Waals surface area contributed by atoms with Gasteiger partial charge in [-0.3, -0.25) is 4.72 Å². The van der Waals surface area contributed by atoms with Crippen molar-refractivity contribution < 1.29 is 9.50 Å². The predicted octanol–water partition coefficient (Wildman–Crippen LogP) is 2.38. The topological polar surface area (TPSA) is 32.3 Å². The van der Waals surface area contributed by atoms with E-state index >= 15 is 0 Å². The van der Waals surface area contributed by atoms with Crippen LogP contribution in [0.3, 0.4) is 0 Å². The zero-order valence-corrected chi connectivity index (χ0v) is 9.20. The molecular weight excluding hydrogens is 225 g/mol. The van der Waals surface area contributed by atoms with Gasteiger partial charge in [-0.1, -0.05) is 29.6 Å². The molecule has 2 N–H and O–H groups in total. The molecule has 0 saturated carbocycles. The van der Waals surface area contributed by atoms with Crippen LogP contribution in [0.15, 0.2) is 18.2 Å². The third kappa shape index (κ3) is 2.85. The molecule has 0 bridgehead atoms. The fraction of sp³-hybridized carbons (Fsp3) is 0.333. The van der Waals surface area contributed by atoms with E-state index in [1.165, 1.54) is 24.1 Å². The SMILES string of the molecule is CSNC(CO)c1ccc(F)c(Cl)c1. The van der Waals surface area contributed by atoms with Crippen LogP contribution in [0.2, 0.25) is 5.02 Å². The first-order valence-electron chi connectivity index (χ1n) is 4.03. The maximum absolute atomic E-state index is 12.8. The number of benzene rings is 1. The normalized spacial score (nSPS) is 12.9. The minimum Gasteiger partial charge on any atom is -0.394 e. The third-order valence-corrected chi connectivity index (χ3v) is 2.60. The Morgan fingerprint density at radius 1 is 1.64 bits per heavy atom. The van der Waals surface area contributed by atoms with Gasteiger partial charge in [0.15, 0.2) is 0 Å². The van der Waals surface area contributed by atoms with E-state index in [4.69, 9.17) is 16.7 Å². The van der Waals surface area contributed by atoms with Gasteiger partial charge in [-0.2, -0.15) is 0 Å². The number of rotatable bonds is 4. The first kappa shape index (κ1) is 11.8. The van der Waals surface area contributed by atoms with E-state index in [1.807, 2.05) is 6.26 Å². The lowest BCUT2D eigenvalue weighted by Crippen LogP contribution is -2.17. The molecule has 0 amide bonds. The quantitative estimate of drug-likeness (QED) is 0.786. The summed E-state index contributed by atoms with van der Waals surface area (Å²) in [5.41, 5.74) is 0.772. The molecule has 0 aliphatic heterocycles. The Labute approximate surface area is 91.6 Å². The number of aliphatic hydroxyl groups is 1. The lowest BCUT2D eigenvalue weighted by atomic mass is 10.1. The summed E-state index contributed by atoms with van der Waals surface area (Å²) in [5, 5.41) is 9.13. The monoisotopic (exact) mass is 235 g/mol. The van der Waals surface area contributed by atoms with Crippen LogP contribution < -0.4 is 4.72 Å². The van der Waals surface area contributed by atoms with Crippen LogP contribution in [-0.2, 0) is 0 Å². The van der Waals surface area contributed by atoms with Gasteiger partial charge in [-0.15, -0.1) is 0 Å². The largest absolute Gasteiger partial charge is 0.394 e. The smallest absolute Gasteiger partial charge is 0.141 e. The molecule has 1 aromatic carbocycles. The van der Waals surface area contributed by atoms with Crippen molar-refractivity contribution in [1.82, 2.24) is 4.72 Å². The van der Waals surface area contributed by atoms with Crippen LogP contribution in [0.5, 0.6) is 0 Å². The molecule has 1 unspecified atom stereocenters. The van der Waals surface area contributed by atoms with Gasteiger partial charge in [0.05, 0.1) is 17.7 Å². The molecule has 0 saturated heterocycles. The first-order chi connectivity index (χ1) is 6.69. The Kier molecular flexibility index (Phi) is 4.68. The molecule has 78 valence electrons. The summed E-state index contributed by atoms with van der Waals surface area (Å²) in [6.07, 6.45) is 1.85. The molecule has 5 heteroatoms. The molecule has 1 rings (SSSR count). The molecule has 0 spiro atoms. The van der Waals surface area contributed by atoms with Gasteiger partial charge < -0.3 is 5.11 Å². The van der Waals surface area contributed by atoms with E-state index in [9.17, 15) is 4.39 Å². The van der Waals surface area contributed by atoms with Crippen molar-refractivity contribution in [3.8, 4) is 0 Å². The van der Waals surface area contributed by atoms with E-state index in [2.05, 4.69) is 4.72 Å². The lowest BCUT2D eigenvalue weighted by Gasteiger charge is -2.14. The Balaban J connectivity index is 2.88. The molecule has 1 atom stereocenters. The summed E-state index contributed by atoms with van der Waals surface area (Å²) in [7, 11) is 0. The van der Waals surface area contributed by atoms with Crippen molar-refractivity contribution >= 4 is 23.5 Å². The van der Waals surface area contributed by atoms with Crippen LogP contribution >= 0.6 is 23.5 Å². The van der Waals surface area contributed by atoms with Crippen molar-refractivity contribution in [2.24, 2.45) is 0 Å². The fourth-order valence-electron chi connectivity index (χ4n) is 1.08. The Morgan fingerprint density at radius 2 is 2.36 bits per heavy atom. The fourth-order valence-corrected chi connectivity index (χ4v) is 1.77. The molecule has 1 aromatic rings. The summed E-state index contributed by atoms with van der Waals surface area (Å²) >= 11 is 7.02. The van der Waals surface area contributed by atoms with Crippen LogP contribution in [0, 0.1) is 5.82 Å². The average molecular weight is 236 g/mol. The molecule has 0 aliphatic rings. The van der Waals surface area contributed by atoms with E-state index in [0.717, 1.165) is 5.56 Å². The lowest BCUT2D eigenvalue weighted by molar-refractivity contribution is 0.261. The van der Waals surface area contributed by atoms with Gasteiger partial charge in [-0.25, -0.2) is 4.39 Å². The van der Waals surface area contributed by atoms with Crippen LogP contribution in [0.1, 0.15) is 11.6 Å². The van der Waals surface area contributed by atoms with Crippen LogP contribution in [0.25, 0.3) is 0 Å². The molecule has 0 radical (unpaired) electrons. The second kappa shape index (κ2) is 5.56. The maximum Gasteiger partial charge on any atom is 0.141 e. The van der Waals surface area contributed by atoms with Gasteiger partial charge in [-0.05, 0) is 24.0 Å². The first-order valence-corrected chi connectivity index (χ1v) is 5.63. The van der Waals surface area contributed by atoms with E-state index < -0.39 is 5.82 Å². The molecule has 0 aliphatic carbocycles. The van der Waals surface area contributed by atoms with Gasteiger partial charge in [0, 0.05) is 0 Å². The van der Waals surface area contributed by atoms with Crippen molar-refractivity contribution in [3.05, 3.63) is 34.6 Å². The zero-order valence-electron chi connectivity index (χ0n) is 7.63. The Hall–Kier alpha value is -0.290. The van der Waals surface area contributed by atoms with Gasteiger partial charge in [0.1, 0.15) is 5.82 Å². The summed E-state index contributed by atoms with van der Waals surface area (Å²) in [6, 6.07) is 4.19. The highest BCUT2D eigenvalue weighted by atomic mass is 35.5. The average Bonchev–Trinajstić information content (AvgIpc) is 2.19. The maximum atomic E-state index is 12.8. The zero-order chi connectivity index (χ0) is 10.6. The predicted molar refractivity (Wildman–Crippen MR) is 57.9 cm³/mol. The molecule has 2 nitrogen and oxygen atoms in total. The third-order valence-electron chi connectivity index (χ3n) is 1.79. The van der Waals surface area contributed by atoms with E-state index in [0.29, 0.717) is 0 Å². The number of hydrogen-bond acceptors (Lipinski definition) is 3. The number of aliphatic hydroxyl groups excluding tert-OH is 1. The molecule has 0 heterocycles. The van der Waals surface area contributed by atoms with Crippen molar-refractivity contribution in [1.29, 1.82) is 0 Å².